The van der Waals surface area contributed by atoms with Crippen molar-refractivity contribution >= 4 is 17.2 Å². The van der Waals surface area contributed by atoms with Crippen LogP contribution in [-0.2, 0) is 12.8 Å². The maximum absolute atomic E-state index is 12.8. The highest BCUT2D eigenvalue weighted by atomic mass is 32.1. The van der Waals surface area contributed by atoms with Crippen molar-refractivity contribution in [3.63, 3.8) is 0 Å². The Bertz CT molecular complexity index is 722. The van der Waals surface area contributed by atoms with E-state index in [4.69, 9.17) is 0 Å². The fourth-order valence-electron chi connectivity index (χ4n) is 3.46. The van der Waals surface area contributed by atoms with Crippen LogP contribution in [0.3, 0.4) is 0 Å². The lowest BCUT2D eigenvalue weighted by atomic mass is 9.91. The molecule has 0 spiro atoms. The summed E-state index contributed by atoms with van der Waals surface area (Å²) in [5.41, 5.74) is 4.07. The number of aryl methyl sites for hydroxylation is 2. The van der Waals surface area contributed by atoms with Gasteiger partial charge < -0.3 is 10.2 Å². The van der Waals surface area contributed by atoms with Crippen molar-refractivity contribution in [3.8, 4) is 10.4 Å². The summed E-state index contributed by atoms with van der Waals surface area (Å²) in [5.74, 6) is 0.200. The number of amides is 1. The molecular formula is C18H20N2OS. The minimum Gasteiger partial charge on any atom is -0.333 e. The van der Waals surface area contributed by atoms with E-state index in [1.165, 1.54) is 21.6 Å². The van der Waals surface area contributed by atoms with Crippen LogP contribution in [0.5, 0.6) is 0 Å². The summed E-state index contributed by atoms with van der Waals surface area (Å²) in [7, 11) is 0. The first-order chi connectivity index (χ1) is 10.7. The molecule has 22 heavy (non-hydrogen) atoms. The van der Waals surface area contributed by atoms with E-state index in [9.17, 15) is 4.79 Å². The Morgan fingerprint density at radius 3 is 2.95 bits per heavy atom. The van der Waals surface area contributed by atoms with E-state index in [0.717, 1.165) is 37.4 Å². The molecule has 1 N–H and O–H groups in total. The Kier molecular flexibility index (Phi) is 3.51. The van der Waals surface area contributed by atoms with Gasteiger partial charge in [-0.2, -0.15) is 0 Å². The highest BCUT2D eigenvalue weighted by molar-refractivity contribution is 7.17. The van der Waals surface area contributed by atoms with Crippen molar-refractivity contribution in [1.82, 2.24) is 10.2 Å². The highest BCUT2D eigenvalue weighted by Crippen LogP contribution is 2.39. The van der Waals surface area contributed by atoms with E-state index in [-0.39, 0.29) is 11.9 Å². The second kappa shape index (κ2) is 5.52. The second-order valence-corrected chi connectivity index (χ2v) is 7.23. The van der Waals surface area contributed by atoms with Crippen LogP contribution < -0.4 is 5.32 Å². The number of carbonyl (C=O) groups is 1. The Balaban J connectivity index is 1.68. The van der Waals surface area contributed by atoms with Gasteiger partial charge in [0.1, 0.15) is 0 Å². The molecule has 4 heteroatoms. The van der Waals surface area contributed by atoms with Crippen LogP contribution in [0, 0.1) is 0 Å². The molecule has 2 aromatic rings. The molecule has 0 saturated carbocycles. The van der Waals surface area contributed by atoms with Crippen molar-refractivity contribution < 1.29 is 4.79 Å². The van der Waals surface area contributed by atoms with Crippen molar-refractivity contribution in [2.75, 3.05) is 19.6 Å². The average molecular weight is 312 g/mol. The fraction of sp³-hybridized carbons (Fsp3) is 0.389. The molecule has 2 heterocycles. The molecule has 1 aliphatic carbocycles. The lowest BCUT2D eigenvalue weighted by Gasteiger charge is -2.33. The van der Waals surface area contributed by atoms with Crippen LogP contribution in [0.15, 0.2) is 30.3 Å². The number of nitrogens with zero attached hydrogens (tertiary/aromatic N) is 1. The van der Waals surface area contributed by atoms with E-state index < -0.39 is 0 Å². The zero-order valence-electron chi connectivity index (χ0n) is 12.8. The van der Waals surface area contributed by atoms with E-state index in [2.05, 4.69) is 42.6 Å². The number of hydrogen-bond acceptors (Lipinski definition) is 3. The Morgan fingerprint density at radius 1 is 1.27 bits per heavy atom. The zero-order chi connectivity index (χ0) is 15.1. The summed E-state index contributed by atoms with van der Waals surface area (Å²) in [6.07, 6.45) is 2.13. The van der Waals surface area contributed by atoms with Gasteiger partial charge in [-0.25, -0.2) is 0 Å². The Labute approximate surface area is 135 Å². The molecule has 1 amide bonds. The molecule has 0 bridgehead atoms. The monoisotopic (exact) mass is 312 g/mol. The van der Waals surface area contributed by atoms with Crippen LogP contribution in [0.4, 0.5) is 0 Å². The maximum atomic E-state index is 12.8. The van der Waals surface area contributed by atoms with Gasteiger partial charge in [0.15, 0.2) is 0 Å². The van der Waals surface area contributed by atoms with Gasteiger partial charge in [-0.15, -0.1) is 11.3 Å². The van der Waals surface area contributed by atoms with Crippen LogP contribution in [0.1, 0.15) is 27.7 Å². The van der Waals surface area contributed by atoms with Gasteiger partial charge in [-0.1, -0.05) is 24.3 Å². The third kappa shape index (κ3) is 2.27. The normalized spacial score (nSPS) is 20.4. The first kappa shape index (κ1) is 14.0. The van der Waals surface area contributed by atoms with Gasteiger partial charge in [0.2, 0.25) is 0 Å². The summed E-state index contributed by atoms with van der Waals surface area (Å²) >= 11 is 1.67. The largest absolute Gasteiger partial charge is 0.333 e. The minimum atomic E-state index is 0.200. The summed E-state index contributed by atoms with van der Waals surface area (Å²) in [4.78, 5) is 17.1. The number of nitrogens with one attached hydrogen (secondary N) is 1. The lowest BCUT2D eigenvalue weighted by Crippen LogP contribution is -2.52. The SMILES string of the molecule is C[C@H]1CNCCN1C(=O)c1cc2c(s1)-c1ccccc1CC2. The van der Waals surface area contributed by atoms with Gasteiger partial charge in [0, 0.05) is 30.6 Å². The van der Waals surface area contributed by atoms with Crippen molar-refractivity contribution in [1.29, 1.82) is 0 Å². The number of piperazine rings is 1. The van der Waals surface area contributed by atoms with Gasteiger partial charge in [0.05, 0.1) is 4.88 Å². The second-order valence-electron chi connectivity index (χ2n) is 6.17. The summed E-state index contributed by atoms with van der Waals surface area (Å²) < 4.78 is 0. The predicted molar refractivity (Wildman–Crippen MR) is 90.5 cm³/mol. The van der Waals surface area contributed by atoms with Crippen LogP contribution in [0.2, 0.25) is 0 Å². The molecule has 1 atom stereocenters. The maximum Gasteiger partial charge on any atom is 0.264 e. The molecule has 1 aliphatic heterocycles. The molecule has 1 aromatic heterocycles. The van der Waals surface area contributed by atoms with Crippen molar-refractivity contribution in [2.24, 2.45) is 0 Å². The highest BCUT2D eigenvalue weighted by Gasteiger charge is 2.27. The van der Waals surface area contributed by atoms with Gasteiger partial charge >= 0.3 is 0 Å². The number of hydrogen-bond donors (Lipinski definition) is 1. The van der Waals surface area contributed by atoms with E-state index in [1.807, 2.05) is 4.90 Å². The number of fused-ring (bicyclic) bond motifs is 3. The van der Waals surface area contributed by atoms with E-state index in [1.54, 1.807) is 11.3 Å². The minimum absolute atomic E-state index is 0.200. The Hall–Kier alpha value is -1.65. The summed E-state index contributed by atoms with van der Waals surface area (Å²) in [6.45, 7) is 4.70. The number of benzene rings is 1. The first-order valence-electron chi connectivity index (χ1n) is 7.96. The van der Waals surface area contributed by atoms with Crippen LogP contribution in [0.25, 0.3) is 10.4 Å². The number of thiophene rings is 1. The quantitative estimate of drug-likeness (QED) is 0.878. The fourth-order valence-corrected chi connectivity index (χ4v) is 4.69. The molecule has 2 aliphatic rings. The molecule has 114 valence electrons. The third-order valence-electron chi connectivity index (χ3n) is 4.71. The smallest absolute Gasteiger partial charge is 0.264 e. The third-order valence-corrected chi connectivity index (χ3v) is 5.91. The lowest BCUT2D eigenvalue weighted by molar-refractivity contribution is 0.0661. The molecular weight excluding hydrogens is 292 g/mol. The van der Waals surface area contributed by atoms with Gasteiger partial charge in [-0.3, -0.25) is 4.79 Å². The van der Waals surface area contributed by atoms with Crippen molar-refractivity contribution in [3.05, 3.63) is 46.3 Å². The molecule has 1 fully saturated rings. The van der Waals surface area contributed by atoms with Crippen molar-refractivity contribution in [2.45, 2.75) is 25.8 Å². The molecule has 1 aromatic carbocycles. The molecule has 0 unspecified atom stereocenters. The first-order valence-corrected chi connectivity index (χ1v) is 8.78. The van der Waals surface area contributed by atoms with E-state index in [0.29, 0.717) is 0 Å². The Morgan fingerprint density at radius 2 is 2.09 bits per heavy atom. The number of rotatable bonds is 1. The molecule has 1 saturated heterocycles. The molecule has 0 radical (unpaired) electrons. The molecule has 3 nitrogen and oxygen atoms in total. The number of carbonyl (C=O) groups excluding carboxylic acids is 1. The topological polar surface area (TPSA) is 32.3 Å². The van der Waals surface area contributed by atoms with E-state index >= 15 is 0 Å². The zero-order valence-corrected chi connectivity index (χ0v) is 13.6. The van der Waals surface area contributed by atoms with Crippen LogP contribution >= 0.6 is 11.3 Å². The molecule has 4 rings (SSSR count). The summed E-state index contributed by atoms with van der Waals surface area (Å²) in [6, 6.07) is 11.0. The standard InChI is InChI=1S/C18H20N2OS/c1-12-11-19-8-9-20(12)18(21)16-10-14-7-6-13-4-2-3-5-15(13)17(14)22-16/h2-5,10,12,19H,6-9,11H2,1H3/t12-/m0/s1. The summed E-state index contributed by atoms with van der Waals surface area (Å²) in [5, 5.41) is 3.34. The average Bonchev–Trinajstić information content (AvgIpc) is 2.99. The van der Waals surface area contributed by atoms with Gasteiger partial charge in [-0.05, 0) is 42.5 Å². The van der Waals surface area contributed by atoms with Gasteiger partial charge in [0.25, 0.3) is 5.91 Å². The van der Waals surface area contributed by atoms with Crippen LogP contribution in [-0.4, -0.2) is 36.5 Å². The predicted octanol–water partition coefficient (Wildman–Crippen LogP) is 2.95.